The Morgan fingerprint density at radius 1 is 1.30 bits per heavy atom. The lowest BCUT2D eigenvalue weighted by molar-refractivity contribution is 0.0160. The summed E-state index contributed by atoms with van der Waals surface area (Å²) in [7, 11) is 0. The molecule has 1 atom stereocenters. The summed E-state index contributed by atoms with van der Waals surface area (Å²) in [5, 5.41) is 8.73. The minimum Gasteiger partial charge on any atom is -0.357 e. The Balaban J connectivity index is 2.00. The predicted molar refractivity (Wildman–Crippen MR) is 73.4 cm³/mol. The summed E-state index contributed by atoms with van der Waals surface area (Å²) in [6.45, 7) is 4.49. The van der Waals surface area contributed by atoms with E-state index in [1.165, 1.54) is 10.8 Å². The van der Waals surface area contributed by atoms with Crippen molar-refractivity contribution < 1.29 is 4.74 Å². The SMILES string of the molecule is CCOC(C)n1cc(-c2ncc3ncnn3c2Cl)cn1. The Hall–Kier alpha value is -1.99. The number of hydrogen-bond acceptors (Lipinski definition) is 5. The van der Waals surface area contributed by atoms with E-state index in [-0.39, 0.29) is 6.23 Å². The quantitative estimate of drug-likeness (QED) is 0.737. The predicted octanol–water partition coefficient (Wildman–Crippen LogP) is 2.20. The summed E-state index contributed by atoms with van der Waals surface area (Å²) in [4.78, 5) is 8.35. The number of hydrogen-bond donors (Lipinski definition) is 0. The highest BCUT2D eigenvalue weighted by Crippen LogP contribution is 2.26. The molecule has 0 aromatic carbocycles. The maximum atomic E-state index is 6.30. The molecule has 104 valence electrons. The monoisotopic (exact) mass is 292 g/mol. The maximum Gasteiger partial charge on any atom is 0.175 e. The van der Waals surface area contributed by atoms with Crippen molar-refractivity contribution >= 4 is 17.2 Å². The number of ether oxygens (including phenoxy) is 1. The van der Waals surface area contributed by atoms with Crippen molar-refractivity contribution in [3.8, 4) is 11.3 Å². The van der Waals surface area contributed by atoms with Gasteiger partial charge in [0.2, 0.25) is 0 Å². The third kappa shape index (κ3) is 2.14. The van der Waals surface area contributed by atoms with Gasteiger partial charge in [-0.1, -0.05) is 11.6 Å². The van der Waals surface area contributed by atoms with Gasteiger partial charge in [0.25, 0.3) is 0 Å². The van der Waals surface area contributed by atoms with Crippen LogP contribution in [0.3, 0.4) is 0 Å². The van der Waals surface area contributed by atoms with Gasteiger partial charge in [0.05, 0.1) is 12.4 Å². The van der Waals surface area contributed by atoms with E-state index in [1.807, 2.05) is 20.0 Å². The fourth-order valence-corrected chi connectivity index (χ4v) is 2.22. The van der Waals surface area contributed by atoms with Crippen LogP contribution in [0.1, 0.15) is 20.1 Å². The molecule has 0 radical (unpaired) electrons. The Kier molecular flexibility index (Phi) is 3.37. The molecule has 8 heteroatoms. The van der Waals surface area contributed by atoms with E-state index in [2.05, 4.69) is 20.2 Å². The van der Waals surface area contributed by atoms with Gasteiger partial charge in [-0.15, -0.1) is 0 Å². The van der Waals surface area contributed by atoms with Gasteiger partial charge in [0, 0.05) is 18.4 Å². The zero-order chi connectivity index (χ0) is 14.1. The molecule has 1 unspecified atom stereocenters. The van der Waals surface area contributed by atoms with Crippen molar-refractivity contribution in [3.05, 3.63) is 30.1 Å². The number of fused-ring (bicyclic) bond motifs is 1. The van der Waals surface area contributed by atoms with Crippen LogP contribution in [0.25, 0.3) is 16.9 Å². The van der Waals surface area contributed by atoms with Crippen molar-refractivity contribution in [2.24, 2.45) is 0 Å². The van der Waals surface area contributed by atoms with Crippen LogP contribution in [0.15, 0.2) is 24.9 Å². The third-order valence-electron chi connectivity index (χ3n) is 2.92. The molecular formula is C12H13ClN6O. The van der Waals surface area contributed by atoms with Crippen LogP contribution in [-0.2, 0) is 4.74 Å². The zero-order valence-corrected chi connectivity index (χ0v) is 11.8. The van der Waals surface area contributed by atoms with E-state index in [1.54, 1.807) is 17.1 Å². The lowest BCUT2D eigenvalue weighted by atomic mass is 10.3. The Morgan fingerprint density at radius 2 is 2.15 bits per heavy atom. The lowest BCUT2D eigenvalue weighted by Gasteiger charge is -2.11. The molecule has 0 aliphatic heterocycles. The highest BCUT2D eigenvalue weighted by atomic mass is 35.5. The number of rotatable bonds is 4. The van der Waals surface area contributed by atoms with Crippen LogP contribution >= 0.6 is 11.6 Å². The summed E-state index contributed by atoms with van der Waals surface area (Å²) in [6.07, 6.45) is 6.47. The van der Waals surface area contributed by atoms with Crippen LogP contribution in [0, 0.1) is 0 Å². The molecule has 0 saturated carbocycles. The molecule has 0 spiro atoms. The van der Waals surface area contributed by atoms with Crippen molar-refractivity contribution in [2.75, 3.05) is 6.61 Å². The second-order valence-corrected chi connectivity index (χ2v) is 4.55. The summed E-state index contributed by atoms with van der Waals surface area (Å²) in [6, 6.07) is 0. The number of aromatic nitrogens is 6. The molecule has 7 nitrogen and oxygen atoms in total. The standard InChI is InChI=1S/C12H13ClN6O/c1-3-20-8(2)18-6-9(4-16-18)11-12(13)19-10(5-14-11)15-7-17-19/h4-8H,3H2,1-2H3. The van der Waals surface area contributed by atoms with Gasteiger partial charge >= 0.3 is 0 Å². The van der Waals surface area contributed by atoms with Gasteiger partial charge in [0.1, 0.15) is 18.2 Å². The Morgan fingerprint density at radius 3 is 2.95 bits per heavy atom. The highest BCUT2D eigenvalue weighted by Gasteiger charge is 2.14. The zero-order valence-electron chi connectivity index (χ0n) is 11.1. The number of nitrogens with zero attached hydrogens (tertiary/aromatic N) is 6. The van der Waals surface area contributed by atoms with Crippen LogP contribution in [0.5, 0.6) is 0 Å². The van der Waals surface area contributed by atoms with E-state index in [0.717, 1.165) is 5.56 Å². The molecule has 3 heterocycles. The fourth-order valence-electron chi connectivity index (χ4n) is 1.94. The van der Waals surface area contributed by atoms with E-state index in [0.29, 0.717) is 23.1 Å². The summed E-state index contributed by atoms with van der Waals surface area (Å²) in [5.41, 5.74) is 2.02. The molecule has 0 amide bonds. The largest absolute Gasteiger partial charge is 0.357 e. The van der Waals surface area contributed by atoms with Gasteiger partial charge in [-0.25, -0.2) is 14.6 Å². The van der Waals surface area contributed by atoms with Gasteiger partial charge < -0.3 is 4.74 Å². The molecule has 3 aromatic rings. The van der Waals surface area contributed by atoms with Gasteiger partial charge in [-0.2, -0.15) is 14.7 Å². The van der Waals surface area contributed by atoms with E-state index < -0.39 is 0 Å². The average Bonchev–Trinajstić information content (AvgIpc) is 3.08. The molecule has 0 saturated heterocycles. The summed E-state index contributed by atoms with van der Waals surface area (Å²) in [5.74, 6) is 0. The minimum absolute atomic E-state index is 0.136. The van der Waals surface area contributed by atoms with Crippen LogP contribution in [0.2, 0.25) is 5.15 Å². The second-order valence-electron chi connectivity index (χ2n) is 4.19. The normalized spacial score (nSPS) is 12.9. The van der Waals surface area contributed by atoms with Crippen molar-refractivity contribution in [3.63, 3.8) is 0 Å². The first-order valence-corrected chi connectivity index (χ1v) is 6.59. The molecule has 0 fully saturated rings. The Labute approximate surface area is 120 Å². The van der Waals surface area contributed by atoms with Crippen molar-refractivity contribution in [1.29, 1.82) is 0 Å². The molecular weight excluding hydrogens is 280 g/mol. The third-order valence-corrected chi connectivity index (χ3v) is 3.26. The summed E-state index contributed by atoms with van der Waals surface area (Å²) >= 11 is 6.30. The first kappa shape index (κ1) is 13.0. The van der Waals surface area contributed by atoms with E-state index >= 15 is 0 Å². The first-order chi connectivity index (χ1) is 9.70. The van der Waals surface area contributed by atoms with Crippen LogP contribution < -0.4 is 0 Å². The molecule has 20 heavy (non-hydrogen) atoms. The molecule has 3 aromatic heterocycles. The number of halogens is 1. The average molecular weight is 293 g/mol. The molecule has 0 aliphatic rings. The topological polar surface area (TPSA) is 70.1 Å². The Bertz CT molecular complexity index is 736. The fraction of sp³-hybridized carbons (Fsp3) is 0.333. The van der Waals surface area contributed by atoms with Gasteiger partial charge in [-0.05, 0) is 13.8 Å². The molecule has 0 N–H and O–H groups in total. The van der Waals surface area contributed by atoms with E-state index in [4.69, 9.17) is 16.3 Å². The minimum atomic E-state index is -0.136. The van der Waals surface area contributed by atoms with Crippen LogP contribution in [-0.4, -0.2) is 36.0 Å². The highest BCUT2D eigenvalue weighted by molar-refractivity contribution is 6.32. The second kappa shape index (κ2) is 5.18. The maximum absolute atomic E-state index is 6.30. The van der Waals surface area contributed by atoms with Crippen LogP contribution in [0.4, 0.5) is 0 Å². The van der Waals surface area contributed by atoms with Gasteiger partial charge in [0.15, 0.2) is 10.8 Å². The van der Waals surface area contributed by atoms with Gasteiger partial charge in [-0.3, -0.25) is 0 Å². The smallest absolute Gasteiger partial charge is 0.175 e. The molecule has 0 bridgehead atoms. The van der Waals surface area contributed by atoms with E-state index in [9.17, 15) is 0 Å². The first-order valence-electron chi connectivity index (χ1n) is 6.21. The van der Waals surface area contributed by atoms with Crippen molar-refractivity contribution in [2.45, 2.75) is 20.1 Å². The lowest BCUT2D eigenvalue weighted by Crippen LogP contribution is -2.09. The summed E-state index contributed by atoms with van der Waals surface area (Å²) < 4.78 is 8.74. The molecule has 3 rings (SSSR count). The molecule has 0 aliphatic carbocycles. The van der Waals surface area contributed by atoms with Crippen molar-refractivity contribution in [1.82, 2.24) is 29.4 Å².